The minimum absolute atomic E-state index is 0.375. The van der Waals surface area contributed by atoms with Crippen LogP contribution in [0.3, 0.4) is 0 Å². The molecule has 14 heavy (non-hydrogen) atoms. The molecule has 0 atom stereocenters. The first-order valence-corrected chi connectivity index (χ1v) is 5.23. The quantitative estimate of drug-likeness (QED) is 0.534. The van der Waals surface area contributed by atoms with Crippen molar-refractivity contribution in [2.24, 2.45) is 0 Å². The number of hydrogen-bond acceptors (Lipinski definition) is 1. The number of benzene rings is 1. The number of alkyl halides is 1. The maximum Gasteiger partial charge on any atom is 0.119 e. The zero-order chi connectivity index (χ0) is 9.80. The molecule has 1 aliphatic carbocycles. The van der Waals surface area contributed by atoms with Crippen molar-refractivity contribution in [1.82, 2.24) is 0 Å². The molecule has 1 saturated carbocycles. The first kappa shape index (κ1) is 9.43. The third-order valence-electron chi connectivity index (χ3n) is 1.98. The van der Waals surface area contributed by atoms with E-state index in [2.05, 4.69) is 11.8 Å². The molecule has 0 spiro atoms. The van der Waals surface area contributed by atoms with Gasteiger partial charge in [-0.3, -0.25) is 0 Å². The van der Waals surface area contributed by atoms with Gasteiger partial charge in [0.2, 0.25) is 0 Å². The molecule has 0 amide bonds. The van der Waals surface area contributed by atoms with Crippen LogP contribution in [-0.2, 0) is 0 Å². The van der Waals surface area contributed by atoms with Crippen molar-refractivity contribution in [2.75, 3.05) is 5.88 Å². The lowest BCUT2D eigenvalue weighted by Gasteiger charge is -2.02. The third-order valence-corrected chi connectivity index (χ3v) is 2.11. The van der Waals surface area contributed by atoms with Gasteiger partial charge in [-0.1, -0.05) is 11.8 Å². The Morgan fingerprint density at radius 2 is 2.00 bits per heavy atom. The predicted octanol–water partition coefficient (Wildman–Crippen LogP) is 2.82. The molecule has 1 aromatic carbocycles. The van der Waals surface area contributed by atoms with Gasteiger partial charge >= 0.3 is 0 Å². The maximum absolute atomic E-state index is 5.61. The summed E-state index contributed by atoms with van der Waals surface area (Å²) in [6.45, 7) is 0. The molecule has 2 heteroatoms. The van der Waals surface area contributed by atoms with E-state index in [0.29, 0.717) is 12.0 Å². The SMILES string of the molecule is ClCC#Cc1ccc(OC2CC2)cc1. The Labute approximate surface area is 89.0 Å². The van der Waals surface area contributed by atoms with Gasteiger partial charge in [-0.05, 0) is 37.1 Å². The zero-order valence-corrected chi connectivity index (χ0v) is 8.55. The Kier molecular flexibility index (Phi) is 2.96. The normalized spacial score (nSPS) is 14.4. The van der Waals surface area contributed by atoms with Gasteiger partial charge in [0, 0.05) is 5.56 Å². The van der Waals surface area contributed by atoms with Crippen molar-refractivity contribution >= 4 is 11.6 Å². The van der Waals surface area contributed by atoms with Gasteiger partial charge in [-0.15, -0.1) is 11.6 Å². The molecule has 2 rings (SSSR count). The van der Waals surface area contributed by atoms with Gasteiger partial charge in [0.1, 0.15) is 5.75 Å². The summed E-state index contributed by atoms with van der Waals surface area (Å²) in [5.41, 5.74) is 0.980. The van der Waals surface area contributed by atoms with Crippen molar-refractivity contribution in [1.29, 1.82) is 0 Å². The van der Waals surface area contributed by atoms with E-state index in [1.165, 1.54) is 12.8 Å². The number of halogens is 1. The van der Waals surface area contributed by atoms with Gasteiger partial charge < -0.3 is 4.74 Å². The Morgan fingerprint density at radius 1 is 1.29 bits per heavy atom. The van der Waals surface area contributed by atoms with Crippen LogP contribution in [-0.4, -0.2) is 12.0 Å². The van der Waals surface area contributed by atoms with Crippen molar-refractivity contribution in [3.05, 3.63) is 29.8 Å². The van der Waals surface area contributed by atoms with Crippen molar-refractivity contribution in [2.45, 2.75) is 18.9 Å². The van der Waals surface area contributed by atoms with Crippen LogP contribution >= 0.6 is 11.6 Å². The summed E-state index contributed by atoms with van der Waals surface area (Å²) in [5, 5.41) is 0. The molecule has 0 bridgehead atoms. The smallest absolute Gasteiger partial charge is 0.119 e. The molecule has 0 N–H and O–H groups in total. The second kappa shape index (κ2) is 4.39. The minimum atomic E-state index is 0.375. The van der Waals surface area contributed by atoms with Crippen LogP contribution in [0.1, 0.15) is 18.4 Å². The second-order valence-electron chi connectivity index (χ2n) is 3.28. The fourth-order valence-electron chi connectivity index (χ4n) is 1.13. The van der Waals surface area contributed by atoms with Gasteiger partial charge in [0.05, 0.1) is 12.0 Å². The lowest BCUT2D eigenvalue weighted by atomic mass is 10.2. The summed E-state index contributed by atoms with van der Waals surface area (Å²) >= 11 is 5.46. The summed E-state index contributed by atoms with van der Waals surface area (Å²) in [4.78, 5) is 0. The minimum Gasteiger partial charge on any atom is -0.490 e. The van der Waals surface area contributed by atoms with E-state index in [9.17, 15) is 0 Å². The summed E-state index contributed by atoms with van der Waals surface area (Å²) in [6.07, 6.45) is 2.83. The van der Waals surface area contributed by atoms with E-state index in [1.807, 2.05) is 24.3 Å². The van der Waals surface area contributed by atoms with Crippen LogP contribution in [0.5, 0.6) is 5.75 Å². The Morgan fingerprint density at radius 3 is 2.57 bits per heavy atom. The Bertz CT molecular complexity index is 354. The Balaban J connectivity index is 2.01. The summed E-state index contributed by atoms with van der Waals surface area (Å²) in [6, 6.07) is 7.82. The highest BCUT2D eigenvalue weighted by Gasteiger charge is 2.23. The second-order valence-corrected chi connectivity index (χ2v) is 3.54. The average Bonchev–Trinajstić information content (AvgIpc) is 3.01. The molecule has 0 radical (unpaired) electrons. The largest absolute Gasteiger partial charge is 0.490 e. The fourth-order valence-corrected chi connectivity index (χ4v) is 1.20. The van der Waals surface area contributed by atoms with Gasteiger partial charge in [-0.25, -0.2) is 0 Å². The average molecular weight is 207 g/mol. The van der Waals surface area contributed by atoms with Crippen LogP contribution in [0.15, 0.2) is 24.3 Å². The molecule has 72 valence electrons. The van der Waals surface area contributed by atoms with E-state index >= 15 is 0 Å². The molecule has 1 aliphatic rings. The maximum atomic E-state index is 5.61. The van der Waals surface area contributed by atoms with Gasteiger partial charge in [0.15, 0.2) is 0 Å². The summed E-state index contributed by atoms with van der Waals surface area (Å²) in [5.74, 6) is 7.07. The highest BCUT2D eigenvalue weighted by atomic mass is 35.5. The summed E-state index contributed by atoms with van der Waals surface area (Å²) in [7, 11) is 0. The van der Waals surface area contributed by atoms with E-state index in [0.717, 1.165) is 11.3 Å². The molecule has 1 fully saturated rings. The van der Waals surface area contributed by atoms with Crippen LogP contribution in [0.25, 0.3) is 0 Å². The number of ether oxygens (including phenoxy) is 1. The van der Waals surface area contributed by atoms with E-state index in [-0.39, 0.29) is 0 Å². The highest BCUT2D eigenvalue weighted by Crippen LogP contribution is 2.26. The molecule has 0 aliphatic heterocycles. The van der Waals surface area contributed by atoms with Crippen molar-refractivity contribution in [3.8, 4) is 17.6 Å². The van der Waals surface area contributed by atoms with Crippen LogP contribution in [0.4, 0.5) is 0 Å². The fraction of sp³-hybridized carbons (Fsp3) is 0.333. The molecule has 1 nitrogen and oxygen atoms in total. The van der Waals surface area contributed by atoms with E-state index < -0.39 is 0 Å². The Hall–Kier alpha value is -1.13. The third kappa shape index (κ3) is 2.68. The monoisotopic (exact) mass is 206 g/mol. The van der Waals surface area contributed by atoms with Crippen LogP contribution < -0.4 is 4.74 Å². The van der Waals surface area contributed by atoms with Gasteiger partial charge in [-0.2, -0.15) is 0 Å². The van der Waals surface area contributed by atoms with E-state index in [4.69, 9.17) is 16.3 Å². The number of rotatable bonds is 2. The first-order chi connectivity index (χ1) is 6.88. The lowest BCUT2D eigenvalue weighted by molar-refractivity contribution is 0.303. The van der Waals surface area contributed by atoms with Gasteiger partial charge in [0.25, 0.3) is 0 Å². The molecule has 0 saturated heterocycles. The molecule has 1 aromatic rings. The number of hydrogen-bond donors (Lipinski definition) is 0. The lowest BCUT2D eigenvalue weighted by Crippen LogP contribution is -1.95. The molecule has 0 unspecified atom stereocenters. The first-order valence-electron chi connectivity index (χ1n) is 4.70. The zero-order valence-electron chi connectivity index (χ0n) is 7.79. The van der Waals surface area contributed by atoms with Crippen molar-refractivity contribution in [3.63, 3.8) is 0 Å². The standard InChI is InChI=1S/C12H11ClO/c13-9-1-2-10-3-5-11(6-4-10)14-12-7-8-12/h3-6,12H,7-9H2. The van der Waals surface area contributed by atoms with Crippen molar-refractivity contribution < 1.29 is 4.74 Å². The molecule has 0 aromatic heterocycles. The molecular weight excluding hydrogens is 196 g/mol. The van der Waals surface area contributed by atoms with E-state index in [1.54, 1.807) is 0 Å². The molecule has 0 heterocycles. The summed E-state index contributed by atoms with van der Waals surface area (Å²) < 4.78 is 5.61. The van der Waals surface area contributed by atoms with Crippen LogP contribution in [0, 0.1) is 11.8 Å². The molecular formula is C12H11ClO. The predicted molar refractivity (Wildman–Crippen MR) is 57.7 cm³/mol. The van der Waals surface area contributed by atoms with Crippen LogP contribution in [0.2, 0.25) is 0 Å². The topological polar surface area (TPSA) is 9.23 Å². The highest BCUT2D eigenvalue weighted by molar-refractivity contribution is 6.19.